The van der Waals surface area contributed by atoms with E-state index in [-0.39, 0.29) is 11.6 Å². The van der Waals surface area contributed by atoms with Crippen LogP contribution >= 0.6 is 0 Å². The van der Waals surface area contributed by atoms with Crippen molar-refractivity contribution in [2.45, 2.75) is 70.5 Å². The predicted molar refractivity (Wildman–Crippen MR) is 118 cm³/mol. The lowest BCUT2D eigenvalue weighted by Crippen LogP contribution is -2.52. The Morgan fingerprint density at radius 1 is 0.967 bits per heavy atom. The lowest BCUT2D eigenvalue weighted by Gasteiger charge is -2.43. The summed E-state index contributed by atoms with van der Waals surface area (Å²) in [7, 11) is 1.71. The van der Waals surface area contributed by atoms with Gasteiger partial charge in [0.05, 0.1) is 18.7 Å². The first-order valence-corrected chi connectivity index (χ1v) is 11.4. The van der Waals surface area contributed by atoms with Gasteiger partial charge in [0.2, 0.25) is 0 Å². The number of rotatable bonds is 5. The molecule has 0 N–H and O–H groups in total. The van der Waals surface area contributed by atoms with Gasteiger partial charge in [0.25, 0.3) is 0 Å². The van der Waals surface area contributed by atoms with E-state index in [0.717, 1.165) is 43.8 Å². The highest BCUT2D eigenvalue weighted by Crippen LogP contribution is 2.32. The summed E-state index contributed by atoms with van der Waals surface area (Å²) in [5, 5.41) is 12.9. The van der Waals surface area contributed by atoms with E-state index in [0.29, 0.717) is 0 Å². The Morgan fingerprint density at radius 3 is 2.23 bits per heavy atom. The number of tetrazole rings is 1. The standard InChI is InChI=1S/C23H36N6O/c1-23(2,3)29-22(24-25-26-29)21(18-10-12-20(30-4)13-11-18)28-16-14-27(15-17-28)19-8-6-5-7-9-19/h10-13,19,21H,5-9,14-17H2,1-4H3/t21-/m1/s1. The highest BCUT2D eigenvalue weighted by Gasteiger charge is 2.34. The maximum absolute atomic E-state index is 5.38. The van der Waals surface area contributed by atoms with Crippen molar-refractivity contribution in [2.75, 3.05) is 33.3 Å². The Balaban J connectivity index is 1.59. The summed E-state index contributed by atoms with van der Waals surface area (Å²) in [5.41, 5.74) is 1.04. The molecule has 7 heteroatoms. The maximum atomic E-state index is 5.38. The van der Waals surface area contributed by atoms with E-state index < -0.39 is 0 Å². The number of aromatic nitrogens is 4. The quantitative estimate of drug-likeness (QED) is 0.749. The average Bonchev–Trinajstić information content (AvgIpc) is 3.26. The highest BCUT2D eigenvalue weighted by molar-refractivity contribution is 5.32. The van der Waals surface area contributed by atoms with E-state index in [1.807, 2.05) is 16.8 Å². The monoisotopic (exact) mass is 412 g/mol. The maximum Gasteiger partial charge on any atom is 0.173 e. The molecule has 4 rings (SSSR count). The first-order chi connectivity index (χ1) is 14.5. The van der Waals surface area contributed by atoms with Gasteiger partial charge in [0.1, 0.15) is 5.75 Å². The molecule has 2 fully saturated rings. The third kappa shape index (κ3) is 4.52. The fourth-order valence-electron chi connectivity index (χ4n) is 4.96. The molecule has 1 aliphatic carbocycles. The second kappa shape index (κ2) is 9.02. The minimum absolute atomic E-state index is 0.0404. The molecule has 0 spiro atoms. The van der Waals surface area contributed by atoms with Crippen molar-refractivity contribution < 1.29 is 4.74 Å². The molecular formula is C23H36N6O. The van der Waals surface area contributed by atoms with E-state index in [1.165, 1.54) is 37.7 Å². The molecule has 0 unspecified atom stereocenters. The SMILES string of the molecule is COc1ccc([C@H](c2nnnn2C(C)(C)C)N2CCN(C3CCCCC3)CC2)cc1. The molecule has 1 aliphatic heterocycles. The molecule has 7 nitrogen and oxygen atoms in total. The van der Waals surface area contributed by atoms with Gasteiger partial charge in [-0.05, 0) is 61.7 Å². The van der Waals surface area contributed by atoms with Crippen LogP contribution in [-0.4, -0.2) is 69.3 Å². The average molecular weight is 413 g/mol. The Morgan fingerprint density at radius 2 is 1.63 bits per heavy atom. The van der Waals surface area contributed by atoms with Crippen LogP contribution < -0.4 is 4.74 Å². The lowest BCUT2D eigenvalue weighted by molar-refractivity contribution is 0.0609. The van der Waals surface area contributed by atoms with Crippen LogP contribution in [0.5, 0.6) is 5.75 Å². The number of ether oxygens (including phenoxy) is 1. The van der Waals surface area contributed by atoms with Crippen molar-refractivity contribution in [3.63, 3.8) is 0 Å². The Kier molecular flexibility index (Phi) is 6.39. The third-order valence-electron chi connectivity index (χ3n) is 6.61. The lowest BCUT2D eigenvalue weighted by atomic mass is 9.93. The van der Waals surface area contributed by atoms with Crippen LogP contribution in [-0.2, 0) is 5.54 Å². The van der Waals surface area contributed by atoms with Gasteiger partial charge in [-0.2, -0.15) is 0 Å². The van der Waals surface area contributed by atoms with Gasteiger partial charge in [0.15, 0.2) is 5.82 Å². The molecule has 0 bridgehead atoms. The molecule has 0 amide bonds. The zero-order chi connectivity index (χ0) is 21.1. The summed E-state index contributed by atoms with van der Waals surface area (Å²) in [6, 6.07) is 9.19. The molecule has 30 heavy (non-hydrogen) atoms. The van der Waals surface area contributed by atoms with E-state index in [9.17, 15) is 0 Å². The molecule has 1 saturated carbocycles. The summed E-state index contributed by atoms with van der Waals surface area (Å²) >= 11 is 0. The Labute approximate surface area is 180 Å². The molecule has 2 aromatic rings. The van der Waals surface area contributed by atoms with Crippen LogP contribution in [0.2, 0.25) is 0 Å². The van der Waals surface area contributed by atoms with E-state index in [2.05, 4.69) is 58.2 Å². The van der Waals surface area contributed by atoms with Crippen LogP contribution in [0, 0.1) is 0 Å². The van der Waals surface area contributed by atoms with Crippen molar-refractivity contribution in [2.24, 2.45) is 0 Å². The summed E-state index contributed by atoms with van der Waals surface area (Å²) < 4.78 is 7.36. The van der Waals surface area contributed by atoms with Crippen LogP contribution in [0.4, 0.5) is 0 Å². The Bertz CT molecular complexity index is 798. The number of benzene rings is 1. The molecule has 0 radical (unpaired) electrons. The van der Waals surface area contributed by atoms with Crippen LogP contribution in [0.3, 0.4) is 0 Å². The minimum Gasteiger partial charge on any atom is -0.497 e. The summed E-state index contributed by atoms with van der Waals surface area (Å²) in [6.45, 7) is 10.8. The fourth-order valence-corrected chi connectivity index (χ4v) is 4.96. The molecule has 1 saturated heterocycles. The van der Waals surface area contributed by atoms with Gasteiger partial charge in [-0.25, -0.2) is 4.68 Å². The van der Waals surface area contributed by atoms with Crippen molar-refractivity contribution in [3.8, 4) is 5.75 Å². The number of hydrogen-bond acceptors (Lipinski definition) is 6. The van der Waals surface area contributed by atoms with Gasteiger partial charge in [-0.3, -0.25) is 9.80 Å². The molecule has 164 valence electrons. The summed E-state index contributed by atoms with van der Waals surface area (Å²) in [6.07, 6.45) is 6.92. The van der Waals surface area contributed by atoms with Crippen molar-refractivity contribution in [1.29, 1.82) is 0 Å². The zero-order valence-electron chi connectivity index (χ0n) is 18.9. The second-order valence-electron chi connectivity index (χ2n) is 9.66. The van der Waals surface area contributed by atoms with Crippen molar-refractivity contribution in [1.82, 2.24) is 30.0 Å². The van der Waals surface area contributed by atoms with Crippen LogP contribution in [0.25, 0.3) is 0 Å². The molecule has 2 aliphatic rings. The van der Waals surface area contributed by atoms with E-state index in [1.54, 1.807) is 7.11 Å². The van der Waals surface area contributed by atoms with Crippen LogP contribution in [0.1, 0.15) is 70.3 Å². The van der Waals surface area contributed by atoms with E-state index >= 15 is 0 Å². The number of methoxy groups -OCH3 is 1. The normalized spacial score (nSPS) is 20.9. The zero-order valence-corrected chi connectivity index (χ0v) is 18.9. The second-order valence-corrected chi connectivity index (χ2v) is 9.66. The number of nitrogens with zero attached hydrogens (tertiary/aromatic N) is 6. The number of piperazine rings is 1. The Hall–Kier alpha value is -1.99. The molecule has 1 aromatic heterocycles. The molecule has 1 aromatic carbocycles. The molecular weight excluding hydrogens is 376 g/mol. The van der Waals surface area contributed by atoms with Gasteiger partial charge >= 0.3 is 0 Å². The summed E-state index contributed by atoms with van der Waals surface area (Å²) in [4.78, 5) is 5.27. The summed E-state index contributed by atoms with van der Waals surface area (Å²) in [5.74, 6) is 1.79. The largest absolute Gasteiger partial charge is 0.497 e. The third-order valence-corrected chi connectivity index (χ3v) is 6.61. The first kappa shape index (κ1) is 21.2. The van der Waals surface area contributed by atoms with Gasteiger partial charge < -0.3 is 4.74 Å². The van der Waals surface area contributed by atoms with E-state index in [4.69, 9.17) is 4.74 Å². The van der Waals surface area contributed by atoms with Gasteiger partial charge in [-0.1, -0.05) is 31.4 Å². The fraction of sp³-hybridized carbons (Fsp3) is 0.696. The van der Waals surface area contributed by atoms with Crippen LogP contribution in [0.15, 0.2) is 24.3 Å². The highest BCUT2D eigenvalue weighted by atomic mass is 16.5. The molecule has 2 heterocycles. The molecule has 1 atom stereocenters. The minimum atomic E-state index is -0.173. The smallest absolute Gasteiger partial charge is 0.173 e. The predicted octanol–water partition coefficient (Wildman–Crippen LogP) is 3.48. The topological polar surface area (TPSA) is 59.3 Å². The van der Waals surface area contributed by atoms with Crippen molar-refractivity contribution in [3.05, 3.63) is 35.7 Å². The van der Waals surface area contributed by atoms with Crippen molar-refractivity contribution >= 4 is 0 Å². The van der Waals surface area contributed by atoms with Gasteiger partial charge in [0, 0.05) is 32.2 Å². The first-order valence-electron chi connectivity index (χ1n) is 11.4. The van der Waals surface area contributed by atoms with Gasteiger partial charge in [-0.15, -0.1) is 5.10 Å². The number of hydrogen-bond donors (Lipinski definition) is 0.